The molecule has 176 valence electrons. The number of aryl methyl sites for hydroxylation is 1. The summed E-state index contributed by atoms with van der Waals surface area (Å²) in [4.78, 5) is 29.0. The second-order valence-electron chi connectivity index (χ2n) is 9.44. The molecule has 5 heteroatoms. The third-order valence-electron chi connectivity index (χ3n) is 7.02. The van der Waals surface area contributed by atoms with Crippen LogP contribution >= 0.6 is 0 Å². The molecule has 2 unspecified atom stereocenters. The summed E-state index contributed by atoms with van der Waals surface area (Å²) >= 11 is 0. The minimum Gasteiger partial charge on any atom is -0.364 e. The van der Waals surface area contributed by atoms with Crippen LogP contribution in [-0.4, -0.2) is 36.7 Å². The van der Waals surface area contributed by atoms with Crippen LogP contribution in [0.3, 0.4) is 0 Å². The lowest BCUT2D eigenvalue weighted by Crippen LogP contribution is -2.46. The Morgan fingerprint density at radius 2 is 1.79 bits per heavy atom. The topological polar surface area (TPSA) is 61.4 Å². The van der Waals surface area contributed by atoms with Crippen molar-refractivity contribution in [1.82, 2.24) is 10.2 Å². The first kappa shape index (κ1) is 23.7. The average molecular weight is 456 g/mol. The van der Waals surface area contributed by atoms with Crippen LogP contribution in [0.1, 0.15) is 52.0 Å². The molecule has 0 radical (unpaired) electrons. The highest BCUT2D eigenvalue weighted by Gasteiger charge is 2.46. The van der Waals surface area contributed by atoms with E-state index in [1.807, 2.05) is 86.0 Å². The Bertz CT molecular complexity index is 1140. The first-order valence-corrected chi connectivity index (χ1v) is 11.9. The lowest BCUT2D eigenvalue weighted by atomic mass is 9.65. The minimum atomic E-state index is -0.613. The predicted molar refractivity (Wildman–Crippen MR) is 138 cm³/mol. The Kier molecular flexibility index (Phi) is 7.13. The number of ketones is 1. The lowest BCUT2D eigenvalue weighted by molar-refractivity contribution is 0.0674. The van der Waals surface area contributed by atoms with E-state index in [2.05, 4.69) is 29.6 Å². The quantitative estimate of drug-likeness (QED) is 0.567. The van der Waals surface area contributed by atoms with Crippen molar-refractivity contribution in [2.24, 2.45) is 5.41 Å². The Labute approximate surface area is 202 Å². The molecule has 1 fully saturated rings. The number of nitrogens with zero attached hydrogens (tertiary/aromatic N) is 1. The van der Waals surface area contributed by atoms with Crippen molar-refractivity contribution in [3.05, 3.63) is 101 Å². The summed E-state index contributed by atoms with van der Waals surface area (Å²) in [5.41, 5.74) is 3.24. The van der Waals surface area contributed by atoms with Crippen molar-refractivity contribution < 1.29 is 9.59 Å². The number of allylic oxidation sites excluding steroid dienone is 5. The van der Waals surface area contributed by atoms with Gasteiger partial charge in [0, 0.05) is 34.8 Å². The summed E-state index contributed by atoms with van der Waals surface area (Å²) < 4.78 is 0. The van der Waals surface area contributed by atoms with Crippen LogP contribution in [0, 0.1) is 12.3 Å². The van der Waals surface area contributed by atoms with Gasteiger partial charge in [0.1, 0.15) is 0 Å². The fourth-order valence-electron chi connectivity index (χ4n) is 5.02. The van der Waals surface area contributed by atoms with E-state index in [-0.39, 0.29) is 11.7 Å². The van der Waals surface area contributed by atoms with Gasteiger partial charge in [-0.3, -0.25) is 9.59 Å². The van der Waals surface area contributed by atoms with E-state index < -0.39 is 5.41 Å². The zero-order valence-electron chi connectivity index (χ0n) is 20.2. The van der Waals surface area contributed by atoms with Crippen molar-refractivity contribution in [2.45, 2.75) is 38.6 Å². The number of amides is 1. The Balaban J connectivity index is 1.60. The minimum absolute atomic E-state index is 0.123. The zero-order valence-corrected chi connectivity index (χ0v) is 20.2. The lowest BCUT2D eigenvalue weighted by Gasteiger charge is -2.43. The average Bonchev–Trinajstić information content (AvgIpc) is 3.14. The molecule has 2 N–H and O–H groups in total. The van der Waals surface area contributed by atoms with Crippen molar-refractivity contribution in [3.63, 3.8) is 0 Å². The molecular weight excluding hydrogens is 422 g/mol. The Hall–Kier alpha value is -3.44. The van der Waals surface area contributed by atoms with E-state index in [0.29, 0.717) is 22.9 Å². The van der Waals surface area contributed by atoms with E-state index in [4.69, 9.17) is 0 Å². The number of carbonyl (C=O) groups excluding carboxylic acids is 2. The molecule has 1 amide bonds. The third kappa shape index (κ3) is 4.90. The van der Waals surface area contributed by atoms with Gasteiger partial charge in [-0.2, -0.15) is 0 Å². The van der Waals surface area contributed by atoms with Gasteiger partial charge in [-0.1, -0.05) is 36.8 Å². The van der Waals surface area contributed by atoms with Crippen LogP contribution in [0.15, 0.2) is 84.7 Å². The summed E-state index contributed by atoms with van der Waals surface area (Å²) in [6, 6.07) is 15.1. The smallest absolute Gasteiger partial charge is 0.255 e. The SMILES string of the molecule is Cc1ccccc1C(=O)Nc1ccc(C(=O)C2(C3=CC=CC=CN3)CCCC(N(C)C)C2)cc1. The molecule has 1 aliphatic carbocycles. The fourth-order valence-corrected chi connectivity index (χ4v) is 5.02. The molecule has 4 rings (SSSR count). The molecule has 2 aromatic rings. The van der Waals surface area contributed by atoms with E-state index >= 15 is 0 Å². The molecule has 1 heterocycles. The normalized spacial score (nSPS) is 22.0. The van der Waals surface area contributed by atoms with Crippen LogP contribution in [0.5, 0.6) is 0 Å². The van der Waals surface area contributed by atoms with Gasteiger partial charge >= 0.3 is 0 Å². The van der Waals surface area contributed by atoms with Crippen molar-refractivity contribution >= 4 is 17.4 Å². The van der Waals surface area contributed by atoms with Gasteiger partial charge in [-0.25, -0.2) is 0 Å². The van der Waals surface area contributed by atoms with Gasteiger partial charge in [-0.15, -0.1) is 0 Å². The molecule has 0 aromatic heterocycles. The van der Waals surface area contributed by atoms with E-state index in [1.165, 1.54) is 0 Å². The highest BCUT2D eigenvalue weighted by atomic mass is 16.1. The summed E-state index contributed by atoms with van der Waals surface area (Å²) in [6.07, 6.45) is 13.5. The number of benzene rings is 2. The largest absolute Gasteiger partial charge is 0.364 e. The van der Waals surface area contributed by atoms with Gasteiger partial charge in [0.2, 0.25) is 0 Å². The first-order valence-electron chi connectivity index (χ1n) is 11.9. The van der Waals surface area contributed by atoms with Gasteiger partial charge in [0.05, 0.1) is 5.41 Å². The number of rotatable bonds is 6. The molecule has 2 aliphatic rings. The second-order valence-corrected chi connectivity index (χ2v) is 9.44. The molecule has 5 nitrogen and oxygen atoms in total. The van der Waals surface area contributed by atoms with E-state index in [0.717, 1.165) is 36.9 Å². The number of Topliss-reactive ketones (excluding diaryl/α,β-unsaturated/α-hetero) is 1. The van der Waals surface area contributed by atoms with Gasteiger partial charge < -0.3 is 15.5 Å². The van der Waals surface area contributed by atoms with Crippen LogP contribution in [0.2, 0.25) is 0 Å². The highest BCUT2D eigenvalue weighted by molar-refractivity contribution is 6.06. The third-order valence-corrected chi connectivity index (χ3v) is 7.02. The van der Waals surface area contributed by atoms with Crippen LogP contribution in [-0.2, 0) is 0 Å². The molecule has 0 saturated heterocycles. The maximum Gasteiger partial charge on any atom is 0.255 e. The number of nitrogens with one attached hydrogen (secondary N) is 2. The van der Waals surface area contributed by atoms with Crippen molar-refractivity contribution in [2.75, 3.05) is 19.4 Å². The van der Waals surface area contributed by atoms with Gasteiger partial charge in [-0.05, 0) is 88.3 Å². The zero-order chi connectivity index (χ0) is 24.1. The number of hydrogen-bond donors (Lipinski definition) is 2. The predicted octanol–water partition coefficient (Wildman–Crippen LogP) is 5.48. The monoisotopic (exact) mass is 455 g/mol. The number of anilines is 1. The maximum absolute atomic E-state index is 14.1. The Morgan fingerprint density at radius 1 is 1.03 bits per heavy atom. The molecule has 1 saturated carbocycles. The van der Waals surface area contributed by atoms with Crippen molar-refractivity contribution in [1.29, 1.82) is 0 Å². The molecular formula is C29H33N3O2. The molecule has 0 bridgehead atoms. The molecule has 1 aliphatic heterocycles. The molecule has 2 atom stereocenters. The van der Waals surface area contributed by atoms with Gasteiger partial charge in [0.15, 0.2) is 5.78 Å². The van der Waals surface area contributed by atoms with E-state index in [9.17, 15) is 9.59 Å². The second kappa shape index (κ2) is 10.2. The fraction of sp³-hybridized carbons (Fsp3) is 0.310. The summed E-state index contributed by atoms with van der Waals surface area (Å²) in [5, 5.41) is 6.33. The highest BCUT2D eigenvalue weighted by Crippen LogP contribution is 2.45. The summed E-state index contributed by atoms with van der Waals surface area (Å²) in [6.45, 7) is 1.92. The van der Waals surface area contributed by atoms with Crippen molar-refractivity contribution in [3.8, 4) is 0 Å². The number of hydrogen-bond acceptors (Lipinski definition) is 4. The van der Waals surface area contributed by atoms with E-state index in [1.54, 1.807) is 0 Å². The number of carbonyl (C=O) groups is 2. The van der Waals surface area contributed by atoms with Crippen LogP contribution in [0.25, 0.3) is 0 Å². The summed E-state index contributed by atoms with van der Waals surface area (Å²) in [5.74, 6) is -0.0283. The van der Waals surface area contributed by atoms with Crippen LogP contribution in [0.4, 0.5) is 5.69 Å². The summed E-state index contributed by atoms with van der Waals surface area (Å²) in [7, 11) is 4.18. The molecule has 34 heavy (non-hydrogen) atoms. The van der Waals surface area contributed by atoms with Gasteiger partial charge in [0.25, 0.3) is 5.91 Å². The first-order chi connectivity index (χ1) is 16.4. The Morgan fingerprint density at radius 3 is 2.53 bits per heavy atom. The molecule has 2 aromatic carbocycles. The standard InChI is InChI=1S/C29H33N3O2/c1-21-10-6-7-12-25(21)28(34)31-23-16-14-22(15-17-23)27(33)29(26-13-5-4-8-19-30-26)18-9-11-24(20-29)32(2)3/h4-8,10,12-17,19,24,30H,9,11,18,20H2,1-3H3,(H,31,34). The molecule has 0 spiro atoms. The maximum atomic E-state index is 14.1. The van der Waals surface area contributed by atoms with Crippen LogP contribution < -0.4 is 10.6 Å².